The van der Waals surface area contributed by atoms with Gasteiger partial charge < -0.3 is 15.0 Å². The van der Waals surface area contributed by atoms with Gasteiger partial charge in [0.25, 0.3) is 5.91 Å². The van der Waals surface area contributed by atoms with Crippen LogP contribution in [0.2, 0.25) is 0 Å². The number of esters is 1. The number of nitrogens with one attached hydrogen (secondary N) is 1. The first-order valence-electron chi connectivity index (χ1n) is 7.34. The van der Waals surface area contributed by atoms with Crippen LogP contribution in [-0.4, -0.2) is 54.5 Å². The molecule has 0 saturated carbocycles. The summed E-state index contributed by atoms with van der Waals surface area (Å²) in [5, 5.41) is 4.65. The third-order valence-electron chi connectivity index (χ3n) is 3.35. The molecule has 0 atom stereocenters. The van der Waals surface area contributed by atoms with Crippen molar-refractivity contribution < 1.29 is 14.3 Å². The second kappa shape index (κ2) is 8.09. The summed E-state index contributed by atoms with van der Waals surface area (Å²) >= 11 is 1.13. The lowest BCUT2D eigenvalue weighted by molar-refractivity contribution is 0.0526. The monoisotopic (exact) mass is 311 g/mol. The zero-order valence-corrected chi connectivity index (χ0v) is 13.1. The molecule has 2 heterocycles. The Hall–Kier alpha value is -1.47. The molecule has 7 heteroatoms. The molecule has 21 heavy (non-hydrogen) atoms. The number of carbonyl (C=O) groups excluding carboxylic acids is 2. The zero-order valence-electron chi connectivity index (χ0n) is 12.3. The van der Waals surface area contributed by atoms with Gasteiger partial charge in [-0.15, -0.1) is 11.3 Å². The molecule has 0 radical (unpaired) electrons. The molecule has 1 fully saturated rings. The molecule has 0 aliphatic carbocycles. The van der Waals surface area contributed by atoms with E-state index in [0.717, 1.165) is 31.0 Å². The van der Waals surface area contributed by atoms with Crippen LogP contribution in [0.4, 0.5) is 0 Å². The van der Waals surface area contributed by atoms with Crippen molar-refractivity contribution in [3.05, 3.63) is 16.1 Å². The molecule has 1 aromatic rings. The molecule has 1 aliphatic rings. The van der Waals surface area contributed by atoms with Crippen molar-refractivity contribution in [2.75, 3.05) is 32.8 Å². The van der Waals surface area contributed by atoms with Gasteiger partial charge in [-0.1, -0.05) is 6.42 Å². The van der Waals surface area contributed by atoms with Crippen LogP contribution in [-0.2, 0) is 4.74 Å². The Morgan fingerprint density at radius 3 is 2.86 bits per heavy atom. The van der Waals surface area contributed by atoms with Crippen molar-refractivity contribution in [1.82, 2.24) is 15.2 Å². The molecule has 0 aromatic carbocycles. The molecule has 1 N–H and O–H groups in total. The SMILES string of the molecule is CCOC(=O)c1nc(C(=O)NCCN2CCCCC2)cs1. The number of rotatable bonds is 6. The van der Waals surface area contributed by atoms with Gasteiger partial charge in [0, 0.05) is 18.5 Å². The van der Waals surface area contributed by atoms with E-state index in [1.165, 1.54) is 19.3 Å². The maximum atomic E-state index is 11.9. The molecule has 0 spiro atoms. The van der Waals surface area contributed by atoms with Crippen LogP contribution in [0.5, 0.6) is 0 Å². The van der Waals surface area contributed by atoms with Crippen molar-refractivity contribution >= 4 is 23.2 Å². The average molecular weight is 311 g/mol. The number of ether oxygens (including phenoxy) is 1. The van der Waals surface area contributed by atoms with Crippen LogP contribution in [0, 0.1) is 0 Å². The van der Waals surface area contributed by atoms with E-state index in [4.69, 9.17) is 4.74 Å². The van der Waals surface area contributed by atoms with Gasteiger partial charge in [-0.25, -0.2) is 9.78 Å². The first-order chi connectivity index (χ1) is 10.2. The number of thiazole rings is 1. The van der Waals surface area contributed by atoms with E-state index >= 15 is 0 Å². The molecular weight excluding hydrogens is 290 g/mol. The predicted octanol–water partition coefficient (Wildman–Crippen LogP) is 1.54. The van der Waals surface area contributed by atoms with E-state index < -0.39 is 5.97 Å². The lowest BCUT2D eigenvalue weighted by atomic mass is 10.1. The molecule has 2 rings (SSSR count). The van der Waals surface area contributed by atoms with Gasteiger partial charge >= 0.3 is 5.97 Å². The zero-order chi connectivity index (χ0) is 15.1. The fourth-order valence-corrected chi connectivity index (χ4v) is 2.95. The molecule has 1 aliphatic heterocycles. The number of carbonyl (C=O) groups is 2. The van der Waals surface area contributed by atoms with Gasteiger partial charge in [0.2, 0.25) is 5.01 Å². The Balaban J connectivity index is 1.76. The average Bonchev–Trinajstić information content (AvgIpc) is 2.98. The summed E-state index contributed by atoms with van der Waals surface area (Å²) in [6, 6.07) is 0. The van der Waals surface area contributed by atoms with Gasteiger partial charge in [-0.05, 0) is 32.9 Å². The van der Waals surface area contributed by atoms with E-state index in [1.807, 2.05) is 0 Å². The fourth-order valence-electron chi connectivity index (χ4n) is 2.27. The van der Waals surface area contributed by atoms with E-state index in [0.29, 0.717) is 13.2 Å². The number of piperidine rings is 1. The van der Waals surface area contributed by atoms with Gasteiger partial charge in [-0.3, -0.25) is 4.79 Å². The second-order valence-electron chi connectivity index (χ2n) is 4.92. The Labute approximate surface area is 128 Å². The largest absolute Gasteiger partial charge is 0.461 e. The number of nitrogens with zero attached hydrogens (tertiary/aromatic N) is 2. The third kappa shape index (κ3) is 4.78. The van der Waals surface area contributed by atoms with Crippen molar-refractivity contribution in [2.24, 2.45) is 0 Å². The van der Waals surface area contributed by atoms with Crippen LogP contribution >= 0.6 is 11.3 Å². The Morgan fingerprint density at radius 1 is 1.38 bits per heavy atom. The minimum atomic E-state index is -0.477. The maximum absolute atomic E-state index is 11.9. The normalized spacial score (nSPS) is 15.7. The number of amides is 1. The quantitative estimate of drug-likeness (QED) is 0.807. The van der Waals surface area contributed by atoms with Crippen LogP contribution < -0.4 is 5.32 Å². The number of aromatic nitrogens is 1. The van der Waals surface area contributed by atoms with Gasteiger partial charge in [-0.2, -0.15) is 0 Å². The van der Waals surface area contributed by atoms with Gasteiger partial charge in [0.05, 0.1) is 6.61 Å². The highest BCUT2D eigenvalue weighted by molar-refractivity contribution is 7.11. The topological polar surface area (TPSA) is 71.5 Å². The molecule has 1 saturated heterocycles. The van der Waals surface area contributed by atoms with Gasteiger partial charge in [0.15, 0.2) is 0 Å². The first-order valence-corrected chi connectivity index (χ1v) is 8.22. The van der Waals surface area contributed by atoms with Crippen molar-refractivity contribution in [3.63, 3.8) is 0 Å². The number of likely N-dealkylation sites (tertiary alicyclic amines) is 1. The molecule has 0 unspecified atom stereocenters. The minimum absolute atomic E-state index is 0.220. The number of hydrogen-bond acceptors (Lipinski definition) is 6. The molecule has 0 bridgehead atoms. The Bertz CT molecular complexity index is 484. The standard InChI is InChI=1S/C14H21N3O3S/c1-2-20-14(19)13-16-11(10-21-13)12(18)15-6-9-17-7-4-3-5-8-17/h10H,2-9H2,1H3,(H,15,18). The minimum Gasteiger partial charge on any atom is -0.461 e. The highest BCUT2D eigenvalue weighted by Crippen LogP contribution is 2.11. The van der Waals surface area contributed by atoms with Crippen LogP contribution in [0.3, 0.4) is 0 Å². The molecule has 116 valence electrons. The van der Waals surface area contributed by atoms with Crippen LogP contribution in [0.1, 0.15) is 46.5 Å². The Kier molecular flexibility index (Phi) is 6.13. The van der Waals surface area contributed by atoms with E-state index in [1.54, 1.807) is 12.3 Å². The molecular formula is C14H21N3O3S. The summed E-state index contributed by atoms with van der Waals surface area (Å²) in [6.07, 6.45) is 3.78. The van der Waals surface area contributed by atoms with Crippen molar-refractivity contribution in [3.8, 4) is 0 Å². The van der Waals surface area contributed by atoms with Gasteiger partial charge in [0.1, 0.15) is 5.69 Å². The second-order valence-corrected chi connectivity index (χ2v) is 5.77. The van der Waals surface area contributed by atoms with E-state index in [-0.39, 0.29) is 16.6 Å². The third-order valence-corrected chi connectivity index (χ3v) is 4.17. The summed E-state index contributed by atoms with van der Waals surface area (Å²) in [4.78, 5) is 29.8. The lowest BCUT2D eigenvalue weighted by Gasteiger charge is -2.26. The van der Waals surface area contributed by atoms with Crippen LogP contribution in [0.15, 0.2) is 5.38 Å². The predicted molar refractivity (Wildman–Crippen MR) is 80.7 cm³/mol. The highest BCUT2D eigenvalue weighted by Gasteiger charge is 2.16. The maximum Gasteiger partial charge on any atom is 0.367 e. The molecule has 6 nitrogen and oxygen atoms in total. The van der Waals surface area contributed by atoms with E-state index in [9.17, 15) is 9.59 Å². The summed E-state index contributed by atoms with van der Waals surface area (Å²) in [7, 11) is 0. The van der Waals surface area contributed by atoms with Crippen LogP contribution in [0.25, 0.3) is 0 Å². The molecule has 1 aromatic heterocycles. The summed E-state index contributed by atoms with van der Waals surface area (Å²) in [5.41, 5.74) is 0.279. The van der Waals surface area contributed by atoms with Crippen molar-refractivity contribution in [2.45, 2.75) is 26.2 Å². The molecule has 1 amide bonds. The summed E-state index contributed by atoms with van der Waals surface area (Å²) in [5.74, 6) is -0.714. The summed E-state index contributed by atoms with van der Waals surface area (Å²) in [6.45, 7) is 5.72. The fraction of sp³-hybridized carbons (Fsp3) is 0.643. The lowest BCUT2D eigenvalue weighted by Crippen LogP contribution is -2.37. The summed E-state index contributed by atoms with van der Waals surface area (Å²) < 4.78 is 4.85. The number of hydrogen-bond donors (Lipinski definition) is 1. The smallest absolute Gasteiger partial charge is 0.367 e. The highest BCUT2D eigenvalue weighted by atomic mass is 32.1. The Morgan fingerprint density at radius 2 is 2.14 bits per heavy atom. The van der Waals surface area contributed by atoms with E-state index in [2.05, 4.69) is 15.2 Å². The van der Waals surface area contributed by atoms with Crippen molar-refractivity contribution in [1.29, 1.82) is 0 Å². The first kappa shape index (κ1) is 15.9.